The Morgan fingerprint density at radius 1 is 1.13 bits per heavy atom. The van der Waals surface area contributed by atoms with Crippen LogP contribution in [0.2, 0.25) is 0 Å². The molecule has 0 radical (unpaired) electrons. The molecule has 4 nitrogen and oxygen atoms in total. The molecule has 0 aromatic heterocycles. The second kappa shape index (κ2) is 8.60. The molecule has 0 heterocycles. The maximum atomic E-state index is 12.6. The molecular weight excluding hydrogens is 286 g/mol. The third kappa shape index (κ3) is 4.86. The molecule has 0 aliphatic carbocycles. The zero-order valence-corrected chi connectivity index (χ0v) is 13.3. The molecule has 0 aliphatic heterocycles. The molecule has 4 heteroatoms. The van der Waals surface area contributed by atoms with Gasteiger partial charge in [0.05, 0.1) is 11.3 Å². The van der Waals surface area contributed by atoms with Gasteiger partial charge in [0.1, 0.15) is 6.07 Å². The highest BCUT2D eigenvalue weighted by Crippen LogP contribution is 2.15. The van der Waals surface area contributed by atoms with Crippen LogP contribution in [0.15, 0.2) is 54.6 Å². The first-order valence-electron chi connectivity index (χ1n) is 7.83. The predicted molar refractivity (Wildman–Crippen MR) is 91.9 cm³/mol. The summed E-state index contributed by atoms with van der Waals surface area (Å²) in [5, 5.41) is 12.0. The first-order valence-corrected chi connectivity index (χ1v) is 7.83. The number of nitrogens with one attached hydrogen (secondary N) is 1. The van der Waals surface area contributed by atoms with Crippen LogP contribution in [0.3, 0.4) is 0 Å². The van der Waals surface area contributed by atoms with Crippen molar-refractivity contribution in [2.45, 2.75) is 26.3 Å². The minimum Gasteiger partial charge on any atom is -0.320 e. The van der Waals surface area contributed by atoms with E-state index in [9.17, 15) is 4.79 Å². The number of hydrogen-bond donors (Lipinski definition) is 1. The molecule has 0 unspecified atom stereocenters. The van der Waals surface area contributed by atoms with E-state index in [0.717, 1.165) is 18.4 Å². The highest BCUT2D eigenvalue weighted by Gasteiger charge is 2.15. The number of nitriles is 1. The van der Waals surface area contributed by atoms with Crippen LogP contribution in [-0.4, -0.2) is 17.5 Å². The fourth-order valence-corrected chi connectivity index (χ4v) is 2.29. The van der Waals surface area contributed by atoms with E-state index in [1.54, 1.807) is 23.1 Å². The summed E-state index contributed by atoms with van der Waals surface area (Å²) < 4.78 is 0. The van der Waals surface area contributed by atoms with Crippen LogP contribution in [0.25, 0.3) is 0 Å². The lowest BCUT2D eigenvalue weighted by atomic mass is 10.2. The van der Waals surface area contributed by atoms with Crippen molar-refractivity contribution in [3.63, 3.8) is 0 Å². The van der Waals surface area contributed by atoms with Crippen molar-refractivity contribution in [3.8, 4) is 6.07 Å². The lowest BCUT2D eigenvalue weighted by Gasteiger charge is -2.23. The highest BCUT2D eigenvalue weighted by molar-refractivity contribution is 5.90. The molecule has 1 N–H and O–H groups in total. The van der Waals surface area contributed by atoms with E-state index in [0.29, 0.717) is 24.3 Å². The SMILES string of the molecule is CCCCN(Cc1ccccc1)C(=O)Nc1ccccc1C#N. The number of amides is 2. The van der Waals surface area contributed by atoms with Gasteiger partial charge in [-0.3, -0.25) is 0 Å². The van der Waals surface area contributed by atoms with Crippen LogP contribution in [0.1, 0.15) is 30.9 Å². The van der Waals surface area contributed by atoms with Gasteiger partial charge in [-0.25, -0.2) is 4.79 Å². The van der Waals surface area contributed by atoms with Crippen LogP contribution in [-0.2, 0) is 6.54 Å². The Bertz CT molecular complexity index is 677. The van der Waals surface area contributed by atoms with Crippen molar-refractivity contribution in [3.05, 3.63) is 65.7 Å². The van der Waals surface area contributed by atoms with Crippen LogP contribution in [0.4, 0.5) is 10.5 Å². The molecule has 0 saturated carbocycles. The number of nitrogens with zero attached hydrogens (tertiary/aromatic N) is 2. The maximum Gasteiger partial charge on any atom is 0.322 e. The lowest BCUT2D eigenvalue weighted by molar-refractivity contribution is 0.208. The van der Waals surface area contributed by atoms with E-state index < -0.39 is 0 Å². The number of para-hydroxylation sites is 1. The van der Waals surface area contributed by atoms with Gasteiger partial charge in [0, 0.05) is 13.1 Å². The van der Waals surface area contributed by atoms with Crippen molar-refractivity contribution in [2.24, 2.45) is 0 Å². The molecule has 118 valence electrons. The maximum absolute atomic E-state index is 12.6. The monoisotopic (exact) mass is 307 g/mol. The largest absolute Gasteiger partial charge is 0.322 e. The Labute approximate surface area is 137 Å². The molecule has 2 rings (SSSR count). The Morgan fingerprint density at radius 2 is 1.83 bits per heavy atom. The Kier molecular flexibility index (Phi) is 6.19. The van der Waals surface area contributed by atoms with E-state index in [-0.39, 0.29) is 6.03 Å². The summed E-state index contributed by atoms with van der Waals surface area (Å²) in [6.45, 7) is 3.34. The van der Waals surface area contributed by atoms with E-state index >= 15 is 0 Å². The summed E-state index contributed by atoms with van der Waals surface area (Å²) in [5.41, 5.74) is 2.11. The fraction of sp³-hybridized carbons (Fsp3) is 0.263. The van der Waals surface area contributed by atoms with Crippen molar-refractivity contribution in [1.82, 2.24) is 4.90 Å². The molecule has 0 atom stereocenters. The first kappa shape index (κ1) is 16.6. The van der Waals surface area contributed by atoms with Gasteiger partial charge in [-0.05, 0) is 24.1 Å². The number of hydrogen-bond acceptors (Lipinski definition) is 2. The molecule has 0 saturated heterocycles. The quantitative estimate of drug-likeness (QED) is 0.860. The van der Waals surface area contributed by atoms with Crippen molar-refractivity contribution in [1.29, 1.82) is 5.26 Å². The van der Waals surface area contributed by atoms with E-state index in [4.69, 9.17) is 5.26 Å². The van der Waals surface area contributed by atoms with Crippen LogP contribution in [0.5, 0.6) is 0 Å². The second-order valence-corrected chi connectivity index (χ2v) is 5.35. The normalized spacial score (nSPS) is 9.91. The molecule has 0 aliphatic rings. The first-order chi connectivity index (χ1) is 11.2. The summed E-state index contributed by atoms with van der Waals surface area (Å²) >= 11 is 0. The number of urea groups is 1. The molecule has 0 fully saturated rings. The van der Waals surface area contributed by atoms with Gasteiger partial charge < -0.3 is 10.2 Å². The third-order valence-corrected chi connectivity index (χ3v) is 3.57. The number of unbranched alkanes of at least 4 members (excludes halogenated alkanes) is 1. The third-order valence-electron chi connectivity index (χ3n) is 3.57. The molecule has 2 aromatic rings. The lowest BCUT2D eigenvalue weighted by Crippen LogP contribution is -2.35. The van der Waals surface area contributed by atoms with Gasteiger partial charge in [0.2, 0.25) is 0 Å². The van der Waals surface area contributed by atoms with Gasteiger partial charge in [-0.15, -0.1) is 0 Å². The summed E-state index contributed by atoms with van der Waals surface area (Å²) in [4.78, 5) is 14.4. The highest BCUT2D eigenvalue weighted by atomic mass is 16.2. The smallest absolute Gasteiger partial charge is 0.320 e. The summed E-state index contributed by atoms with van der Waals surface area (Å²) in [6.07, 6.45) is 1.97. The van der Waals surface area contributed by atoms with E-state index in [2.05, 4.69) is 18.3 Å². The van der Waals surface area contributed by atoms with Gasteiger partial charge in [-0.2, -0.15) is 5.26 Å². The average molecular weight is 307 g/mol. The van der Waals surface area contributed by atoms with E-state index in [1.165, 1.54) is 0 Å². The predicted octanol–water partition coefficient (Wildman–Crippen LogP) is 4.39. The average Bonchev–Trinajstić information content (AvgIpc) is 2.60. The van der Waals surface area contributed by atoms with E-state index in [1.807, 2.05) is 36.4 Å². The number of rotatable bonds is 6. The molecule has 23 heavy (non-hydrogen) atoms. The molecule has 2 aromatic carbocycles. The molecule has 2 amide bonds. The number of benzene rings is 2. The van der Waals surface area contributed by atoms with Crippen molar-refractivity contribution >= 4 is 11.7 Å². The molecule has 0 bridgehead atoms. The number of carbonyl (C=O) groups excluding carboxylic acids is 1. The van der Waals surface area contributed by atoms with Crippen LogP contribution >= 0.6 is 0 Å². The van der Waals surface area contributed by atoms with Crippen molar-refractivity contribution in [2.75, 3.05) is 11.9 Å². The summed E-state index contributed by atoms with van der Waals surface area (Å²) in [6, 6.07) is 18.9. The molecule has 0 spiro atoms. The molecular formula is C19H21N3O. The van der Waals surface area contributed by atoms with Crippen LogP contribution < -0.4 is 5.32 Å². The zero-order valence-electron chi connectivity index (χ0n) is 13.3. The number of anilines is 1. The van der Waals surface area contributed by atoms with Crippen LogP contribution in [0, 0.1) is 11.3 Å². The minimum absolute atomic E-state index is 0.176. The second-order valence-electron chi connectivity index (χ2n) is 5.35. The minimum atomic E-state index is -0.176. The summed E-state index contributed by atoms with van der Waals surface area (Å²) in [5.74, 6) is 0. The number of carbonyl (C=O) groups is 1. The van der Waals surface area contributed by atoms with Gasteiger partial charge in [0.25, 0.3) is 0 Å². The standard InChI is InChI=1S/C19H21N3O/c1-2-3-13-22(15-16-9-5-4-6-10-16)19(23)21-18-12-8-7-11-17(18)14-20/h4-12H,2-3,13,15H2,1H3,(H,21,23). The Hall–Kier alpha value is -2.80. The Balaban J connectivity index is 2.11. The topological polar surface area (TPSA) is 56.1 Å². The Morgan fingerprint density at radius 3 is 2.52 bits per heavy atom. The zero-order chi connectivity index (χ0) is 16.5. The van der Waals surface area contributed by atoms with Crippen molar-refractivity contribution < 1.29 is 4.79 Å². The fourth-order valence-electron chi connectivity index (χ4n) is 2.29. The summed E-state index contributed by atoms with van der Waals surface area (Å²) in [7, 11) is 0. The van der Waals surface area contributed by atoms with Gasteiger partial charge in [-0.1, -0.05) is 55.8 Å². The van der Waals surface area contributed by atoms with Gasteiger partial charge in [0.15, 0.2) is 0 Å². The van der Waals surface area contributed by atoms with Gasteiger partial charge >= 0.3 is 6.03 Å².